The highest BCUT2D eigenvalue weighted by Gasteiger charge is 2.12. The molecular weight excluding hydrogens is 384 g/mol. The van der Waals surface area contributed by atoms with E-state index in [-0.39, 0.29) is 24.4 Å². The molecule has 0 saturated heterocycles. The molecular formula is C20H19F2N3O2S. The molecule has 5 nitrogen and oxygen atoms in total. The van der Waals surface area contributed by atoms with Crippen molar-refractivity contribution in [2.75, 3.05) is 11.9 Å². The summed E-state index contributed by atoms with van der Waals surface area (Å²) in [6, 6.07) is 8.78. The van der Waals surface area contributed by atoms with Gasteiger partial charge in [0.15, 0.2) is 5.13 Å². The third-order valence-corrected chi connectivity index (χ3v) is 5.08. The number of fused-ring (bicyclic) bond motifs is 1. The number of carbonyl (C=O) groups is 2. The molecule has 1 aromatic heterocycles. The van der Waals surface area contributed by atoms with E-state index in [2.05, 4.69) is 28.6 Å². The van der Waals surface area contributed by atoms with Crippen LogP contribution in [0.1, 0.15) is 35.7 Å². The van der Waals surface area contributed by atoms with Crippen LogP contribution in [0, 0.1) is 11.6 Å². The lowest BCUT2D eigenvalue weighted by molar-refractivity contribution is -0.116. The van der Waals surface area contributed by atoms with Crippen molar-refractivity contribution in [3.05, 3.63) is 59.2 Å². The van der Waals surface area contributed by atoms with E-state index in [0.717, 1.165) is 28.8 Å². The van der Waals surface area contributed by atoms with Crippen LogP contribution in [0.5, 0.6) is 0 Å². The number of aryl methyl sites for hydroxylation is 1. The molecule has 0 saturated carbocycles. The Morgan fingerprint density at radius 1 is 1.14 bits per heavy atom. The van der Waals surface area contributed by atoms with Crippen molar-refractivity contribution in [2.24, 2.45) is 0 Å². The fourth-order valence-corrected chi connectivity index (χ4v) is 3.59. The molecule has 0 aliphatic rings. The molecule has 2 N–H and O–H groups in total. The van der Waals surface area contributed by atoms with Crippen molar-refractivity contribution in [2.45, 2.75) is 26.2 Å². The first kappa shape index (κ1) is 19.9. The summed E-state index contributed by atoms with van der Waals surface area (Å²) in [5, 5.41) is 5.81. The Bertz CT molecular complexity index is 1020. The Kier molecular flexibility index (Phi) is 6.30. The number of rotatable bonds is 7. The second kappa shape index (κ2) is 8.88. The summed E-state index contributed by atoms with van der Waals surface area (Å²) < 4.78 is 27.4. The highest BCUT2D eigenvalue weighted by Crippen LogP contribution is 2.27. The van der Waals surface area contributed by atoms with Gasteiger partial charge in [0.2, 0.25) is 5.91 Å². The van der Waals surface area contributed by atoms with Crippen molar-refractivity contribution < 1.29 is 18.4 Å². The third-order valence-electron chi connectivity index (χ3n) is 4.15. The number of hydrogen-bond acceptors (Lipinski definition) is 4. The van der Waals surface area contributed by atoms with Crippen molar-refractivity contribution in [1.29, 1.82) is 0 Å². The van der Waals surface area contributed by atoms with Gasteiger partial charge in [-0.3, -0.25) is 9.59 Å². The zero-order valence-electron chi connectivity index (χ0n) is 15.2. The molecule has 0 aliphatic heterocycles. The monoisotopic (exact) mass is 403 g/mol. The molecule has 2 amide bonds. The average Bonchev–Trinajstić information content (AvgIpc) is 3.06. The lowest BCUT2D eigenvalue weighted by atomic mass is 10.2. The standard InChI is InChI=1S/C20H19F2N3O2S/c1-2-12-5-8-16-17(10-12)28-20(24-16)25-18(26)4-3-9-23-19(27)14-7-6-13(21)11-15(14)22/h5-8,10-11H,2-4,9H2,1H3,(H,23,27)(H,24,25,26). The number of carbonyl (C=O) groups excluding carboxylic acids is 2. The lowest BCUT2D eigenvalue weighted by Gasteiger charge is -2.06. The van der Waals surface area contributed by atoms with Crippen LogP contribution in [0.3, 0.4) is 0 Å². The Balaban J connectivity index is 1.46. The normalized spacial score (nSPS) is 10.8. The fraction of sp³-hybridized carbons (Fsp3) is 0.250. The van der Waals surface area contributed by atoms with Crippen LogP contribution in [0.15, 0.2) is 36.4 Å². The van der Waals surface area contributed by atoms with Gasteiger partial charge in [-0.1, -0.05) is 24.3 Å². The van der Waals surface area contributed by atoms with Gasteiger partial charge in [0.1, 0.15) is 11.6 Å². The Hall–Kier alpha value is -2.87. The molecule has 8 heteroatoms. The molecule has 0 radical (unpaired) electrons. The smallest absolute Gasteiger partial charge is 0.254 e. The van der Waals surface area contributed by atoms with Crippen LogP contribution in [-0.4, -0.2) is 23.3 Å². The van der Waals surface area contributed by atoms with Crippen LogP contribution >= 0.6 is 11.3 Å². The second-order valence-corrected chi connectivity index (χ2v) is 7.24. The molecule has 0 fully saturated rings. The summed E-state index contributed by atoms with van der Waals surface area (Å²) in [5.74, 6) is -2.52. The predicted molar refractivity (Wildman–Crippen MR) is 106 cm³/mol. The summed E-state index contributed by atoms with van der Waals surface area (Å²) in [6.07, 6.45) is 1.50. The maximum atomic E-state index is 13.5. The quantitative estimate of drug-likeness (QED) is 0.578. The first-order chi connectivity index (χ1) is 13.5. The van der Waals surface area contributed by atoms with E-state index >= 15 is 0 Å². The topological polar surface area (TPSA) is 71.1 Å². The van der Waals surface area contributed by atoms with Gasteiger partial charge in [-0.05, 0) is 42.7 Å². The van der Waals surface area contributed by atoms with Crippen LogP contribution < -0.4 is 10.6 Å². The molecule has 0 spiro atoms. The maximum absolute atomic E-state index is 13.5. The van der Waals surface area contributed by atoms with E-state index in [1.54, 1.807) is 0 Å². The van der Waals surface area contributed by atoms with Crippen molar-refractivity contribution in [3.63, 3.8) is 0 Å². The van der Waals surface area contributed by atoms with E-state index in [9.17, 15) is 18.4 Å². The van der Waals surface area contributed by atoms with Gasteiger partial charge in [-0.2, -0.15) is 0 Å². The highest BCUT2D eigenvalue weighted by molar-refractivity contribution is 7.22. The molecule has 3 aromatic rings. The van der Waals surface area contributed by atoms with Crippen molar-refractivity contribution >= 4 is 38.5 Å². The minimum Gasteiger partial charge on any atom is -0.352 e. The molecule has 0 aliphatic carbocycles. The molecule has 0 bridgehead atoms. The number of halogens is 2. The van der Waals surface area contributed by atoms with Crippen molar-refractivity contribution in [1.82, 2.24) is 10.3 Å². The molecule has 0 unspecified atom stereocenters. The summed E-state index contributed by atoms with van der Waals surface area (Å²) in [7, 11) is 0. The lowest BCUT2D eigenvalue weighted by Crippen LogP contribution is -2.26. The minimum atomic E-state index is -0.919. The number of thiazole rings is 1. The molecule has 146 valence electrons. The van der Waals surface area contributed by atoms with Crippen LogP contribution in [0.25, 0.3) is 10.2 Å². The number of hydrogen-bond donors (Lipinski definition) is 2. The summed E-state index contributed by atoms with van der Waals surface area (Å²) in [6.45, 7) is 2.27. The minimum absolute atomic E-state index is 0.183. The summed E-state index contributed by atoms with van der Waals surface area (Å²) >= 11 is 1.41. The molecule has 0 atom stereocenters. The number of aromatic nitrogens is 1. The number of anilines is 1. The Morgan fingerprint density at radius 3 is 2.71 bits per heavy atom. The fourth-order valence-electron chi connectivity index (χ4n) is 2.64. The van der Waals surface area contributed by atoms with E-state index in [1.165, 1.54) is 16.9 Å². The summed E-state index contributed by atoms with van der Waals surface area (Å²) in [4.78, 5) is 28.3. The number of nitrogens with zero attached hydrogens (tertiary/aromatic N) is 1. The maximum Gasteiger partial charge on any atom is 0.254 e. The predicted octanol–water partition coefficient (Wildman–Crippen LogP) is 4.29. The SMILES string of the molecule is CCc1ccc2nc(NC(=O)CCCNC(=O)c3ccc(F)cc3F)sc2c1. The zero-order valence-corrected chi connectivity index (χ0v) is 16.0. The van der Waals surface area contributed by atoms with Crippen LogP contribution in [0.4, 0.5) is 13.9 Å². The Labute approximate surface area is 164 Å². The Morgan fingerprint density at radius 2 is 1.96 bits per heavy atom. The largest absolute Gasteiger partial charge is 0.352 e. The van der Waals surface area contributed by atoms with E-state index < -0.39 is 17.5 Å². The van der Waals surface area contributed by atoms with E-state index in [0.29, 0.717) is 17.6 Å². The van der Waals surface area contributed by atoms with Gasteiger partial charge in [-0.25, -0.2) is 13.8 Å². The summed E-state index contributed by atoms with van der Waals surface area (Å²) in [5.41, 5.74) is 1.82. The molecule has 1 heterocycles. The van der Waals surface area contributed by atoms with Gasteiger partial charge < -0.3 is 10.6 Å². The number of nitrogens with one attached hydrogen (secondary N) is 2. The average molecular weight is 403 g/mol. The first-order valence-electron chi connectivity index (χ1n) is 8.89. The molecule has 3 rings (SSSR count). The van der Waals surface area contributed by atoms with Gasteiger partial charge >= 0.3 is 0 Å². The van der Waals surface area contributed by atoms with Crippen LogP contribution in [0.2, 0.25) is 0 Å². The molecule has 28 heavy (non-hydrogen) atoms. The van der Waals surface area contributed by atoms with Gasteiger partial charge in [0.05, 0.1) is 15.8 Å². The molecule has 2 aromatic carbocycles. The van der Waals surface area contributed by atoms with E-state index in [4.69, 9.17) is 0 Å². The van der Waals surface area contributed by atoms with Gasteiger partial charge in [-0.15, -0.1) is 0 Å². The van der Waals surface area contributed by atoms with Crippen LogP contribution in [-0.2, 0) is 11.2 Å². The second-order valence-electron chi connectivity index (χ2n) is 6.21. The first-order valence-corrected chi connectivity index (χ1v) is 9.70. The number of amides is 2. The highest BCUT2D eigenvalue weighted by atomic mass is 32.1. The number of benzene rings is 2. The van der Waals surface area contributed by atoms with Gasteiger partial charge in [0.25, 0.3) is 5.91 Å². The third kappa shape index (κ3) is 4.89. The van der Waals surface area contributed by atoms with Crippen molar-refractivity contribution in [3.8, 4) is 0 Å². The zero-order chi connectivity index (χ0) is 20.1. The van der Waals surface area contributed by atoms with Gasteiger partial charge in [0, 0.05) is 19.0 Å². The van der Waals surface area contributed by atoms with E-state index in [1.807, 2.05) is 12.1 Å².